The number of hydrogen-bond donors (Lipinski definition) is 2. The fourth-order valence-corrected chi connectivity index (χ4v) is 2.65. The number of rotatable bonds is 6. The van der Waals surface area contributed by atoms with Crippen LogP contribution in [0.3, 0.4) is 0 Å². The highest BCUT2D eigenvalue weighted by molar-refractivity contribution is 5.13. The topological polar surface area (TPSA) is 44.0 Å². The lowest BCUT2D eigenvalue weighted by atomic mass is 10.1. The van der Waals surface area contributed by atoms with Crippen LogP contribution in [-0.2, 0) is 6.54 Å². The largest absolute Gasteiger partial charge is 0.312 e. The minimum absolute atomic E-state index is 0.718. The SMILES string of the molecule is Cc1[nH]ncc1CNCC(C)CN1CCCCC1. The van der Waals surface area contributed by atoms with Crippen molar-refractivity contribution in [2.75, 3.05) is 26.2 Å². The highest BCUT2D eigenvalue weighted by Gasteiger charge is 2.13. The van der Waals surface area contributed by atoms with Gasteiger partial charge in [-0.3, -0.25) is 5.10 Å². The molecule has 2 rings (SSSR count). The highest BCUT2D eigenvalue weighted by atomic mass is 15.1. The maximum absolute atomic E-state index is 4.04. The number of H-pyrrole nitrogens is 1. The van der Waals surface area contributed by atoms with Crippen molar-refractivity contribution in [3.05, 3.63) is 17.5 Å². The number of hydrogen-bond acceptors (Lipinski definition) is 3. The monoisotopic (exact) mass is 250 g/mol. The van der Waals surface area contributed by atoms with Crippen LogP contribution >= 0.6 is 0 Å². The first kappa shape index (κ1) is 13.6. The van der Waals surface area contributed by atoms with E-state index in [1.807, 2.05) is 6.20 Å². The van der Waals surface area contributed by atoms with E-state index in [1.54, 1.807) is 0 Å². The van der Waals surface area contributed by atoms with Gasteiger partial charge in [-0.25, -0.2) is 0 Å². The summed E-state index contributed by atoms with van der Waals surface area (Å²) in [7, 11) is 0. The summed E-state index contributed by atoms with van der Waals surface area (Å²) in [6.07, 6.45) is 6.10. The predicted molar refractivity (Wildman–Crippen MR) is 74.5 cm³/mol. The summed E-state index contributed by atoms with van der Waals surface area (Å²) >= 11 is 0. The molecule has 4 nitrogen and oxygen atoms in total. The van der Waals surface area contributed by atoms with Gasteiger partial charge in [-0.15, -0.1) is 0 Å². The minimum Gasteiger partial charge on any atom is -0.312 e. The summed E-state index contributed by atoms with van der Waals surface area (Å²) < 4.78 is 0. The molecular formula is C14H26N4. The number of nitrogens with zero attached hydrogens (tertiary/aromatic N) is 2. The summed E-state index contributed by atoms with van der Waals surface area (Å²) in [6.45, 7) is 10.2. The van der Waals surface area contributed by atoms with Crippen LogP contribution in [0.25, 0.3) is 0 Å². The molecule has 102 valence electrons. The van der Waals surface area contributed by atoms with Crippen molar-refractivity contribution in [1.29, 1.82) is 0 Å². The molecule has 0 amide bonds. The highest BCUT2D eigenvalue weighted by Crippen LogP contribution is 2.10. The van der Waals surface area contributed by atoms with Crippen molar-refractivity contribution in [3.63, 3.8) is 0 Å². The molecule has 1 fully saturated rings. The van der Waals surface area contributed by atoms with Crippen LogP contribution in [0.15, 0.2) is 6.20 Å². The van der Waals surface area contributed by atoms with Gasteiger partial charge in [0.2, 0.25) is 0 Å². The third kappa shape index (κ3) is 4.10. The van der Waals surface area contributed by atoms with Gasteiger partial charge in [-0.05, 0) is 45.3 Å². The molecule has 1 aromatic rings. The van der Waals surface area contributed by atoms with E-state index in [2.05, 4.69) is 34.3 Å². The molecule has 1 aliphatic rings. The second-order valence-electron chi connectivity index (χ2n) is 5.62. The van der Waals surface area contributed by atoms with Crippen molar-refractivity contribution >= 4 is 0 Å². The van der Waals surface area contributed by atoms with Crippen LogP contribution in [0, 0.1) is 12.8 Å². The molecule has 0 aromatic carbocycles. The van der Waals surface area contributed by atoms with Gasteiger partial charge in [0.25, 0.3) is 0 Å². The number of aromatic nitrogens is 2. The molecule has 0 bridgehead atoms. The second-order valence-corrected chi connectivity index (χ2v) is 5.62. The fraction of sp³-hybridized carbons (Fsp3) is 0.786. The van der Waals surface area contributed by atoms with Crippen molar-refractivity contribution in [3.8, 4) is 0 Å². The molecule has 18 heavy (non-hydrogen) atoms. The Bertz CT molecular complexity index is 341. The lowest BCUT2D eigenvalue weighted by molar-refractivity contribution is 0.199. The fourth-order valence-electron chi connectivity index (χ4n) is 2.65. The lowest BCUT2D eigenvalue weighted by Crippen LogP contribution is -2.36. The van der Waals surface area contributed by atoms with Gasteiger partial charge in [0.1, 0.15) is 0 Å². The zero-order chi connectivity index (χ0) is 12.8. The van der Waals surface area contributed by atoms with E-state index in [0.29, 0.717) is 0 Å². The molecule has 0 spiro atoms. The minimum atomic E-state index is 0.718. The zero-order valence-corrected chi connectivity index (χ0v) is 11.7. The Balaban J connectivity index is 1.62. The molecule has 2 N–H and O–H groups in total. The first-order valence-electron chi connectivity index (χ1n) is 7.17. The smallest absolute Gasteiger partial charge is 0.0535 e. The summed E-state index contributed by atoms with van der Waals surface area (Å²) in [4.78, 5) is 2.61. The van der Waals surface area contributed by atoms with Gasteiger partial charge in [0, 0.05) is 24.3 Å². The molecule has 2 heterocycles. The third-order valence-corrected chi connectivity index (χ3v) is 3.76. The number of likely N-dealkylation sites (tertiary alicyclic amines) is 1. The van der Waals surface area contributed by atoms with Crippen LogP contribution in [0.1, 0.15) is 37.4 Å². The van der Waals surface area contributed by atoms with Gasteiger partial charge in [0.05, 0.1) is 6.20 Å². The number of aryl methyl sites for hydroxylation is 1. The summed E-state index contributed by atoms with van der Waals surface area (Å²) in [5.41, 5.74) is 2.45. The molecule has 1 unspecified atom stereocenters. The van der Waals surface area contributed by atoms with E-state index in [-0.39, 0.29) is 0 Å². The second kappa shape index (κ2) is 6.90. The Morgan fingerprint density at radius 3 is 2.83 bits per heavy atom. The standard InChI is InChI=1S/C14H26N4/c1-12(11-18-6-4-3-5-7-18)8-15-9-14-10-16-17-13(14)2/h10,12,15H,3-9,11H2,1-2H3,(H,16,17). The summed E-state index contributed by atoms with van der Waals surface area (Å²) in [6, 6.07) is 0. The van der Waals surface area contributed by atoms with Gasteiger partial charge >= 0.3 is 0 Å². The molecule has 4 heteroatoms. The van der Waals surface area contributed by atoms with E-state index in [9.17, 15) is 0 Å². The normalized spacial score (nSPS) is 19.0. The molecule has 0 saturated carbocycles. The predicted octanol–water partition coefficient (Wildman–Crippen LogP) is 1.93. The van der Waals surface area contributed by atoms with Gasteiger partial charge < -0.3 is 10.2 Å². The van der Waals surface area contributed by atoms with Crippen LogP contribution < -0.4 is 5.32 Å². The Kier molecular flexibility index (Phi) is 5.20. The van der Waals surface area contributed by atoms with Crippen molar-refractivity contribution in [2.24, 2.45) is 5.92 Å². The molecule has 1 aromatic heterocycles. The molecule has 0 aliphatic carbocycles. The maximum Gasteiger partial charge on any atom is 0.0535 e. The van der Waals surface area contributed by atoms with Gasteiger partial charge in [-0.1, -0.05) is 13.3 Å². The summed E-state index contributed by atoms with van der Waals surface area (Å²) in [5, 5.41) is 10.5. The Labute approximate surface area is 110 Å². The van der Waals surface area contributed by atoms with Crippen LogP contribution in [0.5, 0.6) is 0 Å². The third-order valence-electron chi connectivity index (χ3n) is 3.76. The van der Waals surface area contributed by atoms with Crippen molar-refractivity contribution in [1.82, 2.24) is 20.4 Å². The first-order chi connectivity index (χ1) is 8.75. The number of aromatic amines is 1. The van der Waals surface area contributed by atoms with Crippen molar-refractivity contribution < 1.29 is 0 Å². The maximum atomic E-state index is 4.04. The van der Waals surface area contributed by atoms with Gasteiger partial charge in [0.15, 0.2) is 0 Å². The van der Waals surface area contributed by atoms with Crippen molar-refractivity contribution in [2.45, 2.75) is 39.7 Å². The van der Waals surface area contributed by atoms with Crippen LogP contribution in [0.2, 0.25) is 0 Å². The molecule has 0 radical (unpaired) electrons. The molecule has 1 atom stereocenters. The van der Waals surface area contributed by atoms with E-state index >= 15 is 0 Å². The zero-order valence-electron chi connectivity index (χ0n) is 11.7. The Hall–Kier alpha value is -0.870. The Morgan fingerprint density at radius 1 is 1.39 bits per heavy atom. The summed E-state index contributed by atoms with van der Waals surface area (Å²) in [5.74, 6) is 0.718. The van der Waals surface area contributed by atoms with E-state index in [0.717, 1.165) is 19.0 Å². The lowest BCUT2D eigenvalue weighted by Gasteiger charge is -2.29. The van der Waals surface area contributed by atoms with E-state index in [1.165, 1.54) is 50.2 Å². The van der Waals surface area contributed by atoms with E-state index < -0.39 is 0 Å². The average molecular weight is 250 g/mol. The quantitative estimate of drug-likeness (QED) is 0.811. The van der Waals surface area contributed by atoms with Crippen LogP contribution in [0.4, 0.5) is 0 Å². The number of nitrogens with one attached hydrogen (secondary N) is 2. The Morgan fingerprint density at radius 2 is 2.17 bits per heavy atom. The van der Waals surface area contributed by atoms with Gasteiger partial charge in [-0.2, -0.15) is 5.10 Å². The molecule has 1 aliphatic heterocycles. The number of piperidine rings is 1. The average Bonchev–Trinajstić information content (AvgIpc) is 2.76. The molecule has 1 saturated heterocycles. The van der Waals surface area contributed by atoms with Crippen LogP contribution in [-0.4, -0.2) is 41.3 Å². The molecular weight excluding hydrogens is 224 g/mol. The van der Waals surface area contributed by atoms with E-state index in [4.69, 9.17) is 0 Å². The first-order valence-corrected chi connectivity index (χ1v) is 7.17.